The third kappa shape index (κ3) is 6.19. The Morgan fingerprint density at radius 2 is 1.84 bits per heavy atom. The Balaban J connectivity index is 2.72. The number of rotatable bonds is 8. The Morgan fingerprint density at radius 3 is 2.26 bits per heavy atom. The van der Waals surface area contributed by atoms with Gasteiger partial charge in [-0.3, -0.25) is 9.05 Å². The van der Waals surface area contributed by atoms with Crippen LogP contribution < -0.4 is 4.52 Å². The molecule has 1 heterocycles. The van der Waals surface area contributed by atoms with E-state index in [0.717, 1.165) is 5.03 Å². The molecule has 1 rings (SSSR count). The zero-order valence-electron chi connectivity index (χ0n) is 11.5. The molecule has 108 valence electrons. The van der Waals surface area contributed by atoms with Crippen molar-refractivity contribution >= 4 is 30.3 Å². The van der Waals surface area contributed by atoms with Gasteiger partial charge in [0.1, 0.15) is 5.03 Å². The molecular formula is C11H19N2O3PS2. The molecule has 1 aromatic heterocycles. The highest BCUT2D eigenvalue weighted by atomic mass is 32.5. The summed E-state index contributed by atoms with van der Waals surface area (Å²) in [5.74, 6) is 0.332. The maximum absolute atomic E-state index is 5.54. The van der Waals surface area contributed by atoms with E-state index in [1.807, 2.05) is 19.9 Å². The van der Waals surface area contributed by atoms with Gasteiger partial charge in [-0.15, -0.1) is 22.0 Å². The van der Waals surface area contributed by atoms with Crippen molar-refractivity contribution in [3.05, 3.63) is 12.1 Å². The minimum Gasteiger partial charge on any atom is -0.404 e. The van der Waals surface area contributed by atoms with Crippen molar-refractivity contribution in [2.24, 2.45) is 0 Å². The van der Waals surface area contributed by atoms with E-state index in [2.05, 4.69) is 24.0 Å². The quantitative estimate of drug-likeness (QED) is 0.535. The second kappa shape index (κ2) is 8.17. The number of hydrogen-bond donors (Lipinski definition) is 0. The van der Waals surface area contributed by atoms with Crippen molar-refractivity contribution < 1.29 is 13.6 Å². The number of thioether (sulfide) groups is 1. The first-order valence-corrected chi connectivity index (χ1v) is 9.51. The molecule has 0 amide bonds. The van der Waals surface area contributed by atoms with E-state index in [0.29, 0.717) is 24.3 Å². The molecule has 0 N–H and O–H groups in total. The van der Waals surface area contributed by atoms with Gasteiger partial charge in [0.25, 0.3) is 0 Å². The minimum absolute atomic E-state index is 0.332. The van der Waals surface area contributed by atoms with Crippen molar-refractivity contribution in [2.75, 3.05) is 13.2 Å². The number of nitrogens with zero attached hydrogens (tertiary/aromatic N) is 2. The molecule has 0 spiro atoms. The highest BCUT2D eigenvalue weighted by Crippen LogP contribution is 2.49. The lowest BCUT2D eigenvalue weighted by atomic mass is 10.6. The Bertz CT molecular complexity index is 418. The molecule has 0 aliphatic rings. The van der Waals surface area contributed by atoms with Gasteiger partial charge >= 0.3 is 6.72 Å². The fraction of sp³-hybridized carbons (Fsp3) is 0.636. The number of aromatic nitrogens is 2. The van der Waals surface area contributed by atoms with Gasteiger partial charge in [0, 0.05) is 23.1 Å². The molecule has 0 fully saturated rings. The maximum Gasteiger partial charge on any atom is 0.381 e. The van der Waals surface area contributed by atoms with Gasteiger partial charge in [-0.1, -0.05) is 13.8 Å². The molecule has 0 saturated carbocycles. The summed E-state index contributed by atoms with van der Waals surface area (Å²) in [6.45, 7) is 6.00. The van der Waals surface area contributed by atoms with Crippen LogP contribution in [0.15, 0.2) is 17.2 Å². The van der Waals surface area contributed by atoms with E-state index in [9.17, 15) is 0 Å². The van der Waals surface area contributed by atoms with Crippen LogP contribution >= 0.6 is 18.5 Å². The zero-order valence-corrected chi connectivity index (χ0v) is 14.1. The van der Waals surface area contributed by atoms with Crippen LogP contribution in [0.25, 0.3) is 0 Å². The highest BCUT2D eigenvalue weighted by Gasteiger charge is 2.22. The first kappa shape index (κ1) is 16.9. The van der Waals surface area contributed by atoms with Crippen molar-refractivity contribution in [3.63, 3.8) is 0 Å². The summed E-state index contributed by atoms with van der Waals surface area (Å²) < 4.78 is 16.3. The van der Waals surface area contributed by atoms with Crippen LogP contribution in [0.2, 0.25) is 0 Å². The fourth-order valence-corrected chi connectivity index (χ4v) is 3.90. The van der Waals surface area contributed by atoms with Crippen LogP contribution in [-0.2, 0) is 20.9 Å². The van der Waals surface area contributed by atoms with Crippen LogP contribution in [-0.4, -0.2) is 28.7 Å². The monoisotopic (exact) mass is 322 g/mol. The van der Waals surface area contributed by atoms with Crippen LogP contribution in [0.1, 0.15) is 27.7 Å². The van der Waals surface area contributed by atoms with E-state index >= 15 is 0 Å². The van der Waals surface area contributed by atoms with Gasteiger partial charge in [-0.25, -0.2) is 0 Å². The van der Waals surface area contributed by atoms with Crippen molar-refractivity contribution in [3.8, 4) is 5.88 Å². The molecule has 0 aromatic carbocycles. The Hall–Kier alpha value is -0.200. The van der Waals surface area contributed by atoms with Gasteiger partial charge in [0.15, 0.2) is 0 Å². The Morgan fingerprint density at radius 1 is 1.21 bits per heavy atom. The molecule has 5 nitrogen and oxygen atoms in total. The lowest BCUT2D eigenvalue weighted by Gasteiger charge is -2.19. The van der Waals surface area contributed by atoms with E-state index in [-0.39, 0.29) is 0 Å². The van der Waals surface area contributed by atoms with Gasteiger partial charge in [0.2, 0.25) is 5.88 Å². The fourth-order valence-electron chi connectivity index (χ4n) is 1.18. The molecule has 0 radical (unpaired) electrons. The van der Waals surface area contributed by atoms with Gasteiger partial charge in [-0.2, -0.15) is 0 Å². The number of hydrogen-bond acceptors (Lipinski definition) is 7. The van der Waals surface area contributed by atoms with Crippen molar-refractivity contribution in [1.82, 2.24) is 10.2 Å². The average Bonchev–Trinajstić information content (AvgIpc) is 2.31. The van der Waals surface area contributed by atoms with Crippen molar-refractivity contribution in [2.45, 2.75) is 38.0 Å². The lowest BCUT2D eigenvalue weighted by Crippen LogP contribution is -2.03. The molecular weight excluding hydrogens is 303 g/mol. The predicted octanol–water partition coefficient (Wildman–Crippen LogP) is 3.65. The van der Waals surface area contributed by atoms with Gasteiger partial charge in [-0.05, 0) is 19.9 Å². The van der Waals surface area contributed by atoms with E-state index in [1.54, 1.807) is 17.8 Å². The first-order chi connectivity index (χ1) is 8.99. The summed E-state index contributed by atoms with van der Waals surface area (Å²) in [4.78, 5) is 0. The second-order valence-corrected chi connectivity index (χ2v) is 8.28. The van der Waals surface area contributed by atoms with Crippen LogP contribution in [0.5, 0.6) is 5.88 Å². The summed E-state index contributed by atoms with van der Waals surface area (Å²) in [6, 6.07) is 3.58. The second-order valence-electron chi connectivity index (χ2n) is 3.75. The molecule has 1 aromatic rings. The summed E-state index contributed by atoms with van der Waals surface area (Å²) in [6.07, 6.45) is 0. The van der Waals surface area contributed by atoms with E-state index in [4.69, 9.17) is 25.4 Å². The largest absolute Gasteiger partial charge is 0.404 e. The molecule has 0 aliphatic heterocycles. The zero-order chi connectivity index (χ0) is 14.3. The Kier molecular flexibility index (Phi) is 7.25. The summed E-state index contributed by atoms with van der Waals surface area (Å²) in [5.41, 5.74) is 0. The molecule has 0 bridgehead atoms. The molecule has 0 unspecified atom stereocenters. The predicted molar refractivity (Wildman–Crippen MR) is 81.2 cm³/mol. The molecule has 0 aliphatic carbocycles. The standard InChI is InChI=1S/C11H19N2O3PS2/c1-5-14-17(18,15-6-2)16-10-7-8-11(13-12-10)19-9(3)4/h7-9H,5-6H2,1-4H3. The lowest BCUT2D eigenvalue weighted by molar-refractivity contribution is 0.215. The smallest absolute Gasteiger partial charge is 0.381 e. The van der Waals surface area contributed by atoms with E-state index in [1.165, 1.54) is 0 Å². The molecule has 0 atom stereocenters. The van der Waals surface area contributed by atoms with Gasteiger partial charge in [0.05, 0.1) is 13.2 Å². The van der Waals surface area contributed by atoms with E-state index < -0.39 is 6.72 Å². The van der Waals surface area contributed by atoms with Crippen LogP contribution in [0, 0.1) is 0 Å². The maximum atomic E-state index is 5.54. The molecule has 8 heteroatoms. The average molecular weight is 322 g/mol. The molecule has 0 saturated heterocycles. The van der Waals surface area contributed by atoms with Gasteiger partial charge < -0.3 is 4.52 Å². The topological polar surface area (TPSA) is 53.5 Å². The minimum atomic E-state index is -2.76. The highest BCUT2D eigenvalue weighted by molar-refractivity contribution is 8.07. The first-order valence-electron chi connectivity index (χ1n) is 6.08. The van der Waals surface area contributed by atoms with Crippen molar-refractivity contribution in [1.29, 1.82) is 0 Å². The summed E-state index contributed by atoms with van der Waals surface area (Å²) in [7, 11) is 0. The SMILES string of the molecule is CCOP(=S)(OCC)Oc1ccc(SC(C)C)nn1. The van der Waals surface area contributed by atoms with Crippen LogP contribution in [0.3, 0.4) is 0 Å². The third-order valence-corrected chi connectivity index (χ3v) is 5.10. The molecule has 19 heavy (non-hydrogen) atoms. The normalized spacial score (nSPS) is 11.8. The summed E-state index contributed by atoms with van der Waals surface area (Å²) >= 11 is 6.89. The Labute approximate surface area is 123 Å². The third-order valence-electron chi connectivity index (χ3n) is 1.75. The summed E-state index contributed by atoms with van der Waals surface area (Å²) in [5, 5.41) is 9.37. The van der Waals surface area contributed by atoms with Crippen LogP contribution in [0.4, 0.5) is 0 Å².